The predicted octanol–water partition coefficient (Wildman–Crippen LogP) is -0.367. The molecule has 0 aromatic carbocycles. The van der Waals surface area contributed by atoms with Crippen LogP contribution in [0.3, 0.4) is 0 Å². The number of hydrogen-bond donors (Lipinski definition) is 3. The van der Waals surface area contributed by atoms with E-state index >= 15 is 0 Å². The van der Waals surface area contributed by atoms with Gasteiger partial charge >= 0.3 is 12.4 Å². The van der Waals surface area contributed by atoms with Gasteiger partial charge in [0.05, 0.1) is 5.75 Å². The predicted molar refractivity (Wildman–Crippen MR) is 31.3 cm³/mol. The van der Waals surface area contributed by atoms with E-state index < -0.39 is 5.97 Å². The van der Waals surface area contributed by atoms with Gasteiger partial charge in [-0.3, -0.25) is 9.59 Å². The fraction of sp³-hybridized carbons (Fsp3) is 0.333. The van der Waals surface area contributed by atoms with Crippen LogP contribution in [-0.2, 0) is 14.5 Å². The summed E-state index contributed by atoms with van der Waals surface area (Å²) in [5.74, 6) is -0.965. The Balaban J connectivity index is 0. The number of carboxylic acid groups (broad SMARTS) is 1. The molecule has 5 nitrogen and oxygen atoms in total. The van der Waals surface area contributed by atoms with E-state index in [2.05, 4.69) is 17.5 Å². The highest BCUT2D eigenvalue weighted by Gasteiger charge is 1.81. The molecule has 0 aliphatic carbocycles. The van der Waals surface area contributed by atoms with Crippen LogP contribution in [-0.4, -0.2) is 28.6 Å². The number of carbonyl (C=O) groups is 2. The average molecular weight is 154 g/mol. The van der Waals surface area contributed by atoms with Crippen molar-refractivity contribution in [3.05, 3.63) is 0 Å². The molecule has 0 unspecified atom stereocenters. The normalized spacial score (nSPS) is 6.44. The highest BCUT2D eigenvalue weighted by molar-refractivity contribution is 7.81. The minimum atomic E-state index is -0.881. The first-order chi connectivity index (χ1) is 4.18. The zero-order valence-corrected chi connectivity index (χ0v) is 5.25. The molecule has 0 aliphatic heterocycles. The molecule has 0 bridgehead atoms. The smallest absolute Gasteiger partial charge is 0.330 e. The molecule has 0 saturated carbocycles. The summed E-state index contributed by atoms with van der Waals surface area (Å²) in [7, 11) is 0. The lowest BCUT2D eigenvalue weighted by molar-refractivity contribution is -0.217. The molecule has 0 radical (unpaired) electrons. The molecule has 2 N–H and O–H groups in total. The third-order valence-electron chi connectivity index (χ3n) is 0.178. The maximum Gasteiger partial charge on any atom is 0.330 e. The molecule has 0 fully saturated rings. The molecule has 0 aromatic heterocycles. The van der Waals surface area contributed by atoms with E-state index in [1.807, 2.05) is 0 Å². The van der Waals surface area contributed by atoms with Crippen molar-refractivity contribution in [2.45, 2.75) is 0 Å². The van der Waals surface area contributed by atoms with Crippen molar-refractivity contribution in [3.8, 4) is 0 Å². The van der Waals surface area contributed by atoms with Crippen molar-refractivity contribution in [1.29, 1.82) is 0 Å². The monoisotopic (exact) mass is 154 g/mol. The standard InChI is InChI=1S/C2H4O2S.CH2O3/c3-2(4)1-5;2-1-4-3/h5H,1H2,(H,3,4);1,3H. The number of carboxylic acids is 1. The second-order valence-corrected chi connectivity index (χ2v) is 1.07. The Morgan fingerprint density at radius 3 is 2.00 bits per heavy atom. The molecule has 0 aromatic rings. The van der Waals surface area contributed by atoms with Gasteiger partial charge in [0.1, 0.15) is 0 Å². The van der Waals surface area contributed by atoms with Crippen LogP contribution in [0.15, 0.2) is 0 Å². The van der Waals surface area contributed by atoms with Crippen LogP contribution >= 0.6 is 12.6 Å². The van der Waals surface area contributed by atoms with Crippen LogP contribution in [0.4, 0.5) is 0 Å². The summed E-state index contributed by atoms with van der Waals surface area (Å²) in [6.07, 6.45) is 0. The van der Waals surface area contributed by atoms with Gasteiger partial charge < -0.3 is 9.99 Å². The van der Waals surface area contributed by atoms with Crippen molar-refractivity contribution in [2.75, 3.05) is 5.75 Å². The lowest BCUT2D eigenvalue weighted by atomic mass is 10.8. The van der Waals surface area contributed by atoms with E-state index in [0.29, 0.717) is 0 Å². The number of thiol groups is 1. The number of hydrogen-bond acceptors (Lipinski definition) is 5. The summed E-state index contributed by atoms with van der Waals surface area (Å²) in [5, 5.41) is 14.7. The minimum absolute atomic E-state index is 0.0694. The Labute approximate surface area is 56.6 Å². The second kappa shape index (κ2) is 10.3. The number of aliphatic carboxylic acids is 1. The molecule has 0 atom stereocenters. The Bertz CT molecular complexity index is 82.3. The van der Waals surface area contributed by atoms with Crippen LogP contribution in [0.2, 0.25) is 0 Å². The Kier molecular flexibility index (Phi) is 12.7. The highest BCUT2D eigenvalue weighted by atomic mass is 32.1. The number of rotatable bonds is 2. The first kappa shape index (κ1) is 11.1. The van der Waals surface area contributed by atoms with Crippen LogP contribution in [0, 0.1) is 0 Å². The summed E-state index contributed by atoms with van der Waals surface area (Å²) in [4.78, 5) is 20.9. The quantitative estimate of drug-likeness (QED) is 0.219. The van der Waals surface area contributed by atoms with E-state index in [1.54, 1.807) is 0 Å². The summed E-state index contributed by atoms with van der Waals surface area (Å²) in [5.41, 5.74) is 0. The summed E-state index contributed by atoms with van der Waals surface area (Å²) in [6.45, 7) is -0.0694. The minimum Gasteiger partial charge on any atom is -0.481 e. The Morgan fingerprint density at radius 1 is 1.78 bits per heavy atom. The van der Waals surface area contributed by atoms with Crippen LogP contribution < -0.4 is 0 Å². The maximum atomic E-state index is 9.29. The van der Waals surface area contributed by atoms with Crippen LogP contribution in [0.1, 0.15) is 0 Å². The van der Waals surface area contributed by atoms with E-state index in [9.17, 15) is 4.79 Å². The largest absolute Gasteiger partial charge is 0.481 e. The molecule has 6 heteroatoms. The topological polar surface area (TPSA) is 83.8 Å². The van der Waals surface area contributed by atoms with Gasteiger partial charge in [-0.1, -0.05) is 0 Å². The third kappa shape index (κ3) is 39.5. The first-order valence-corrected chi connectivity index (χ1v) is 2.38. The summed E-state index contributed by atoms with van der Waals surface area (Å²) >= 11 is 3.42. The third-order valence-corrected chi connectivity index (χ3v) is 0.449. The zero-order chi connectivity index (χ0) is 7.70. The molecule has 0 spiro atoms. The van der Waals surface area contributed by atoms with Gasteiger partial charge in [-0.05, 0) is 0 Å². The van der Waals surface area contributed by atoms with Crippen LogP contribution in [0.5, 0.6) is 0 Å². The van der Waals surface area contributed by atoms with E-state index in [-0.39, 0.29) is 12.2 Å². The fourth-order valence-electron chi connectivity index (χ4n) is 0. The molecule has 0 heterocycles. The molecular formula is C3H6O5S. The van der Waals surface area contributed by atoms with Crippen molar-refractivity contribution in [1.82, 2.24) is 0 Å². The van der Waals surface area contributed by atoms with Crippen molar-refractivity contribution >= 4 is 25.1 Å². The molecular weight excluding hydrogens is 148 g/mol. The first-order valence-electron chi connectivity index (χ1n) is 1.75. The van der Waals surface area contributed by atoms with Gasteiger partial charge in [-0.15, -0.1) is 0 Å². The number of carbonyl (C=O) groups excluding carboxylic acids is 1. The lowest BCUT2D eigenvalue weighted by Crippen LogP contribution is -1.92. The molecule has 9 heavy (non-hydrogen) atoms. The maximum absolute atomic E-state index is 9.29. The second-order valence-electron chi connectivity index (χ2n) is 0.753. The van der Waals surface area contributed by atoms with E-state index in [4.69, 9.17) is 15.2 Å². The van der Waals surface area contributed by atoms with Gasteiger partial charge in [0.15, 0.2) is 0 Å². The highest BCUT2D eigenvalue weighted by Crippen LogP contribution is 1.66. The zero-order valence-electron chi connectivity index (χ0n) is 4.35. The Hall–Kier alpha value is -0.750. The van der Waals surface area contributed by atoms with Crippen molar-refractivity contribution in [3.63, 3.8) is 0 Å². The van der Waals surface area contributed by atoms with Crippen molar-refractivity contribution < 1.29 is 24.8 Å². The summed E-state index contributed by atoms with van der Waals surface area (Å²) < 4.78 is 0. The SMILES string of the molecule is O=C(O)CS.O=COO. The molecule has 0 aliphatic rings. The molecule has 0 saturated heterocycles. The molecule has 0 amide bonds. The molecule has 54 valence electrons. The Morgan fingerprint density at radius 2 is 2.00 bits per heavy atom. The lowest BCUT2D eigenvalue weighted by Gasteiger charge is -1.71. The van der Waals surface area contributed by atoms with Gasteiger partial charge in [0.25, 0.3) is 0 Å². The van der Waals surface area contributed by atoms with Gasteiger partial charge in [0, 0.05) is 0 Å². The van der Waals surface area contributed by atoms with Gasteiger partial charge in [-0.25, -0.2) is 5.26 Å². The van der Waals surface area contributed by atoms with Crippen LogP contribution in [0.25, 0.3) is 0 Å². The van der Waals surface area contributed by atoms with Crippen molar-refractivity contribution in [2.24, 2.45) is 0 Å². The van der Waals surface area contributed by atoms with E-state index in [1.165, 1.54) is 0 Å². The fourth-order valence-corrected chi connectivity index (χ4v) is 0. The van der Waals surface area contributed by atoms with Gasteiger partial charge in [0.2, 0.25) is 0 Å². The van der Waals surface area contributed by atoms with E-state index in [0.717, 1.165) is 0 Å². The average Bonchev–Trinajstić information content (AvgIpc) is 1.89. The summed E-state index contributed by atoms with van der Waals surface area (Å²) in [6, 6.07) is 0. The van der Waals surface area contributed by atoms with Gasteiger partial charge in [-0.2, -0.15) is 12.6 Å². The molecule has 0 rings (SSSR count).